The fourth-order valence-electron chi connectivity index (χ4n) is 5.22. The fraction of sp³-hybridized carbons (Fsp3) is 0.400. The van der Waals surface area contributed by atoms with Crippen molar-refractivity contribution in [3.63, 3.8) is 0 Å². The molecule has 1 aliphatic carbocycles. The number of morpholine rings is 1. The standard InChI is InChI=1S/C30H35N3O4/c1-22-8-10-23(11-9-22)21-33(30(35)27-7-4-18-37-27)28(29(34)31-25-5-2-3-6-25)24-12-14-26(15-13-24)32-16-19-36-20-17-32/h4,7-15,18,25,28H,2-3,5-6,16-17,19-21H2,1H3,(H,31,34)/t28-/m0/s1. The van der Waals surface area contributed by atoms with E-state index in [1.165, 1.54) is 6.26 Å². The molecule has 2 aliphatic rings. The van der Waals surface area contributed by atoms with Crippen LogP contribution in [0.1, 0.15) is 59.0 Å². The predicted octanol–water partition coefficient (Wildman–Crippen LogP) is 4.87. The minimum atomic E-state index is -0.793. The van der Waals surface area contributed by atoms with E-state index >= 15 is 0 Å². The van der Waals surface area contributed by atoms with Crippen LogP contribution in [-0.4, -0.2) is 49.1 Å². The third kappa shape index (κ3) is 6.05. The molecule has 2 amide bonds. The molecule has 1 saturated carbocycles. The minimum Gasteiger partial charge on any atom is -0.459 e. The largest absolute Gasteiger partial charge is 0.459 e. The van der Waals surface area contributed by atoms with E-state index in [9.17, 15) is 9.59 Å². The molecule has 0 bridgehead atoms. The smallest absolute Gasteiger partial charge is 0.290 e. The highest BCUT2D eigenvalue weighted by Crippen LogP contribution is 2.29. The van der Waals surface area contributed by atoms with Gasteiger partial charge < -0.3 is 24.3 Å². The van der Waals surface area contributed by atoms with Crippen LogP contribution in [0.3, 0.4) is 0 Å². The van der Waals surface area contributed by atoms with Crippen LogP contribution in [0.25, 0.3) is 0 Å². The molecule has 194 valence electrons. The van der Waals surface area contributed by atoms with Crippen molar-refractivity contribution in [2.24, 2.45) is 0 Å². The van der Waals surface area contributed by atoms with Crippen molar-refractivity contribution < 1.29 is 18.7 Å². The molecule has 0 radical (unpaired) electrons. The number of hydrogen-bond donors (Lipinski definition) is 1. The molecule has 1 aromatic heterocycles. The van der Waals surface area contributed by atoms with E-state index in [2.05, 4.69) is 10.2 Å². The summed E-state index contributed by atoms with van der Waals surface area (Å²) < 4.78 is 11.0. The zero-order chi connectivity index (χ0) is 25.6. The number of nitrogens with one attached hydrogen (secondary N) is 1. The molecular formula is C30H35N3O4. The molecule has 5 rings (SSSR count). The van der Waals surface area contributed by atoms with Crippen LogP contribution >= 0.6 is 0 Å². The van der Waals surface area contributed by atoms with Gasteiger partial charge in [-0.3, -0.25) is 9.59 Å². The Morgan fingerprint density at radius 2 is 1.70 bits per heavy atom. The lowest BCUT2D eigenvalue weighted by Gasteiger charge is -2.33. The van der Waals surface area contributed by atoms with Gasteiger partial charge in [-0.1, -0.05) is 54.8 Å². The van der Waals surface area contributed by atoms with E-state index in [0.29, 0.717) is 13.2 Å². The number of carbonyl (C=O) groups is 2. The second kappa shape index (κ2) is 11.6. The van der Waals surface area contributed by atoms with Crippen LogP contribution in [0.4, 0.5) is 5.69 Å². The predicted molar refractivity (Wildman–Crippen MR) is 142 cm³/mol. The molecule has 0 unspecified atom stereocenters. The number of ether oxygens (including phenoxy) is 1. The van der Waals surface area contributed by atoms with Crippen LogP contribution < -0.4 is 10.2 Å². The van der Waals surface area contributed by atoms with Crippen molar-refractivity contribution in [3.05, 3.63) is 89.4 Å². The molecule has 1 N–H and O–H groups in total. The first-order chi connectivity index (χ1) is 18.1. The highest BCUT2D eigenvalue weighted by atomic mass is 16.5. The SMILES string of the molecule is Cc1ccc(CN(C(=O)c2ccco2)[C@H](C(=O)NC2CCCC2)c2ccc(N3CCOCC3)cc2)cc1. The maximum Gasteiger partial charge on any atom is 0.290 e. The summed E-state index contributed by atoms with van der Waals surface area (Å²) in [6.07, 6.45) is 5.66. The van der Waals surface area contributed by atoms with Crippen molar-refractivity contribution in [2.75, 3.05) is 31.2 Å². The number of aryl methyl sites for hydroxylation is 1. The van der Waals surface area contributed by atoms with E-state index in [-0.39, 0.29) is 30.2 Å². The normalized spacial score (nSPS) is 16.9. The zero-order valence-electron chi connectivity index (χ0n) is 21.4. The fourth-order valence-corrected chi connectivity index (χ4v) is 5.22. The molecule has 1 saturated heterocycles. The summed E-state index contributed by atoms with van der Waals surface area (Å²) >= 11 is 0. The molecule has 2 heterocycles. The van der Waals surface area contributed by atoms with Gasteiger partial charge in [-0.25, -0.2) is 0 Å². The van der Waals surface area contributed by atoms with Gasteiger partial charge in [0.25, 0.3) is 5.91 Å². The second-order valence-corrected chi connectivity index (χ2v) is 9.98. The van der Waals surface area contributed by atoms with E-state index in [1.54, 1.807) is 17.0 Å². The molecule has 1 atom stereocenters. The first kappa shape index (κ1) is 25.1. The first-order valence-electron chi connectivity index (χ1n) is 13.2. The number of rotatable bonds is 8. The van der Waals surface area contributed by atoms with E-state index < -0.39 is 6.04 Å². The van der Waals surface area contributed by atoms with Crippen molar-refractivity contribution in [2.45, 2.75) is 51.2 Å². The van der Waals surface area contributed by atoms with Crippen molar-refractivity contribution in [1.82, 2.24) is 10.2 Å². The number of nitrogens with zero attached hydrogens (tertiary/aromatic N) is 2. The van der Waals surface area contributed by atoms with Gasteiger partial charge in [0.05, 0.1) is 19.5 Å². The number of carbonyl (C=O) groups excluding carboxylic acids is 2. The molecule has 37 heavy (non-hydrogen) atoms. The highest BCUT2D eigenvalue weighted by Gasteiger charge is 2.35. The molecule has 2 fully saturated rings. The van der Waals surface area contributed by atoms with Gasteiger partial charge in [0.15, 0.2) is 5.76 Å². The molecule has 0 spiro atoms. The molecular weight excluding hydrogens is 466 g/mol. The highest BCUT2D eigenvalue weighted by molar-refractivity contribution is 5.96. The van der Waals surface area contributed by atoms with Crippen LogP contribution in [0.5, 0.6) is 0 Å². The van der Waals surface area contributed by atoms with Gasteiger partial charge in [-0.15, -0.1) is 0 Å². The van der Waals surface area contributed by atoms with Gasteiger partial charge in [-0.2, -0.15) is 0 Å². The number of furan rings is 1. The van der Waals surface area contributed by atoms with Crippen LogP contribution in [0.2, 0.25) is 0 Å². The Balaban J connectivity index is 1.50. The Bertz CT molecular complexity index is 1160. The lowest BCUT2D eigenvalue weighted by molar-refractivity contribution is -0.126. The van der Waals surface area contributed by atoms with Gasteiger partial charge in [0, 0.05) is 31.4 Å². The van der Waals surface area contributed by atoms with E-state index in [0.717, 1.165) is 61.2 Å². The molecule has 7 nitrogen and oxygen atoms in total. The summed E-state index contributed by atoms with van der Waals surface area (Å²) in [5.41, 5.74) is 3.96. The van der Waals surface area contributed by atoms with E-state index in [4.69, 9.17) is 9.15 Å². The summed E-state index contributed by atoms with van der Waals surface area (Å²) in [6.45, 7) is 5.40. The van der Waals surface area contributed by atoms with E-state index in [1.807, 2.05) is 55.5 Å². The summed E-state index contributed by atoms with van der Waals surface area (Å²) in [4.78, 5) is 31.6. The van der Waals surface area contributed by atoms with Gasteiger partial charge in [-0.05, 0) is 55.2 Å². The Labute approximate surface area is 218 Å². The molecule has 2 aromatic carbocycles. The third-order valence-corrected chi connectivity index (χ3v) is 7.31. The summed E-state index contributed by atoms with van der Waals surface area (Å²) in [5, 5.41) is 3.24. The third-order valence-electron chi connectivity index (χ3n) is 7.31. The maximum atomic E-state index is 13.9. The first-order valence-corrected chi connectivity index (χ1v) is 13.2. The molecule has 1 aliphatic heterocycles. The Morgan fingerprint density at radius 3 is 2.35 bits per heavy atom. The number of hydrogen-bond acceptors (Lipinski definition) is 5. The monoisotopic (exact) mass is 501 g/mol. The minimum absolute atomic E-state index is 0.141. The summed E-state index contributed by atoms with van der Waals surface area (Å²) in [7, 11) is 0. The maximum absolute atomic E-state index is 13.9. The lowest BCUT2D eigenvalue weighted by atomic mass is 10.0. The van der Waals surface area contributed by atoms with Crippen LogP contribution in [-0.2, 0) is 16.1 Å². The van der Waals surface area contributed by atoms with Crippen molar-refractivity contribution in [1.29, 1.82) is 0 Å². The van der Waals surface area contributed by atoms with Gasteiger partial charge >= 0.3 is 0 Å². The Kier molecular flexibility index (Phi) is 7.90. The molecule has 7 heteroatoms. The van der Waals surface area contributed by atoms with Gasteiger partial charge in [0.1, 0.15) is 6.04 Å². The number of amides is 2. The average Bonchev–Trinajstić information content (AvgIpc) is 3.65. The summed E-state index contributed by atoms with van der Waals surface area (Å²) in [6, 6.07) is 18.8. The zero-order valence-corrected chi connectivity index (χ0v) is 21.4. The Morgan fingerprint density at radius 1 is 1.00 bits per heavy atom. The van der Waals surface area contributed by atoms with Gasteiger partial charge in [0.2, 0.25) is 5.91 Å². The van der Waals surface area contributed by atoms with Crippen molar-refractivity contribution >= 4 is 17.5 Å². The Hall–Kier alpha value is -3.58. The lowest BCUT2D eigenvalue weighted by Crippen LogP contribution is -2.45. The van der Waals surface area contributed by atoms with Crippen LogP contribution in [0.15, 0.2) is 71.3 Å². The van der Waals surface area contributed by atoms with Crippen molar-refractivity contribution in [3.8, 4) is 0 Å². The second-order valence-electron chi connectivity index (χ2n) is 9.98. The average molecular weight is 502 g/mol. The van der Waals surface area contributed by atoms with Crippen LogP contribution in [0, 0.1) is 6.92 Å². The quantitative estimate of drug-likeness (QED) is 0.477. The summed E-state index contributed by atoms with van der Waals surface area (Å²) in [5.74, 6) is -0.247. The molecule has 3 aromatic rings. The number of benzene rings is 2. The topological polar surface area (TPSA) is 75.0 Å². The number of anilines is 1.